The number of allylic oxidation sites excluding steroid dienone is 1. The number of carbonyl (C=O) groups is 2. The van der Waals surface area contributed by atoms with Gasteiger partial charge in [-0.25, -0.2) is 4.79 Å². The van der Waals surface area contributed by atoms with Crippen LogP contribution in [0.1, 0.15) is 99.4 Å². The Bertz CT molecular complexity index is 2220. The highest BCUT2D eigenvalue weighted by molar-refractivity contribution is 6.03. The van der Waals surface area contributed by atoms with E-state index in [9.17, 15) is 29.9 Å². The average Bonchev–Trinajstić information content (AvgIpc) is 3.33. The number of non-ortho nitro benzene ring substituents is 1. The molecule has 0 bridgehead atoms. The summed E-state index contributed by atoms with van der Waals surface area (Å²) in [5.41, 5.74) is 2.49. The fourth-order valence-electron chi connectivity index (χ4n) is 10.0. The molecular weight excluding hydrogens is 851 g/mol. The Morgan fingerprint density at radius 2 is 1.76 bits per heavy atom. The minimum absolute atomic E-state index is 0.0117. The van der Waals surface area contributed by atoms with Crippen LogP contribution >= 0.6 is 0 Å². The molecule has 0 aromatic heterocycles. The first kappa shape index (κ1) is 48.1. The van der Waals surface area contributed by atoms with Crippen molar-refractivity contribution in [2.24, 2.45) is 22.9 Å². The SMILES string of the molecule is C=CCO[C@@]12Oc3ccc(Oc4ccc(OC)c(C=O)c4)cc3[C@H]3[C@H](CCCCO)[C@@H](CCCCO)C=C(C(=NOC4CCCCO4)C[C@@H]1N(CCC)C(=O)Oc1ccc([N+](=O)[O-])cc1)[C@H]32. The van der Waals surface area contributed by atoms with Crippen molar-refractivity contribution in [2.45, 2.75) is 102 Å². The lowest BCUT2D eigenvalue weighted by Crippen LogP contribution is -2.70. The van der Waals surface area contributed by atoms with Gasteiger partial charge in [-0.15, -0.1) is 6.58 Å². The third-order valence-electron chi connectivity index (χ3n) is 13.0. The van der Waals surface area contributed by atoms with Crippen LogP contribution in [-0.4, -0.2) is 96.3 Å². The first-order chi connectivity index (χ1) is 32.2. The standard InChI is InChI=1S/C50H61N3O13/c1-4-23-52(49(57)64-36-17-15-35(16-18-36)53(58)59)45-31-42(51-66-46-14-8-11-27-61-46)40-29-33(12-6-9-24-54)39(13-7-10-25-55)47-41-30-38(63-37-19-21-43(60-3)34(28-37)32-56)20-22-44(41)65-50(45,48(40)47)62-26-5-2/h5,15-22,28-30,32-33,39,45-48,54-55H,2,4,6-14,23-27,31H2,1,3H3/t33-,39+,45-,46?,47+,48+,50+/m0/s1. The number of benzene rings is 3. The smallest absolute Gasteiger partial charge is 0.415 e. The van der Waals surface area contributed by atoms with Crippen molar-refractivity contribution in [1.29, 1.82) is 0 Å². The molecule has 354 valence electrons. The number of nitrogens with zero attached hydrogens (tertiary/aromatic N) is 3. The summed E-state index contributed by atoms with van der Waals surface area (Å²) in [6.07, 6.45) is 10.7. The van der Waals surface area contributed by atoms with Gasteiger partial charge in [-0.1, -0.05) is 37.1 Å². The molecule has 7 atom stereocenters. The average molecular weight is 912 g/mol. The predicted molar refractivity (Wildman–Crippen MR) is 244 cm³/mol. The lowest BCUT2D eigenvalue weighted by molar-refractivity contribution is -0.384. The molecule has 1 saturated heterocycles. The van der Waals surface area contributed by atoms with E-state index < -0.39 is 35.1 Å². The van der Waals surface area contributed by atoms with Crippen LogP contribution in [0.25, 0.3) is 0 Å². The van der Waals surface area contributed by atoms with Gasteiger partial charge in [0.1, 0.15) is 34.8 Å². The van der Waals surface area contributed by atoms with Crippen molar-refractivity contribution in [3.63, 3.8) is 0 Å². The zero-order chi connectivity index (χ0) is 46.6. The summed E-state index contributed by atoms with van der Waals surface area (Å²) >= 11 is 0. The van der Waals surface area contributed by atoms with Gasteiger partial charge in [0.15, 0.2) is 6.29 Å². The highest BCUT2D eigenvalue weighted by Gasteiger charge is 2.65. The number of hydrogen-bond acceptors (Lipinski definition) is 14. The van der Waals surface area contributed by atoms with E-state index in [1.807, 2.05) is 19.1 Å². The Kier molecular flexibility index (Phi) is 16.5. The minimum atomic E-state index is -1.55. The van der Waals surface area contributed by atoms with Crippen LogP contribution in [0, 0.1) is 27.9 Å². The van der Waals surface area contributed by atoms with E-state index in [1.54, 1.807) is 35.2 Å². The topological polar surface area (TPSA) is 198 Å². The number of nitro groups is 1. The van der Waals surface area contributed by atoms with Crippen LogP contribution in [0.5, 0.6) is 28.7 Å². The highest BCUT2D eigenvalue weighted by atomic mass is 16.8. The van der Waals surface area contributed by atoms with Crippen molar-refractivity contribution in [3.8, 4) is 28.7 Å². The molecule has 16 heteroatoms. The number of oxime groups is 1. The molecule has 66 heavy (non-hydrogen) atoms. The maximum absolute atomic E-state index is 14.7. The van der Waals surface area contributed by atoms with E-state index in [0.29, 0.717) is 72.8 Å². The first-order valence-corrected chi connectivity index (χ1v) is 23.1. The third-order valence-corrected chi connectivity index (χ3v) is 13.0. The fourth-order valence-corrected chi connectivity index (χ4v) is 10.0. The maximum Gasteiger partial charge on any atom is 0.415 e. The second kappa shape index (κ2) is 22.6. The number of hydrogen-bond donors (Lipinski definition) is 2. The molecule has 16 nitrogen and oxygen atoms in total. The molecule has 2 fully saturated rings. The Balaban J connectivity index is 1.42. The largest absolute Gasteiger partial charge is 0.496 e. The molecule has 2 heterocycles. The van der Waals surface area contributed by atoms with Crippen molar-refractivity contribution < 1.29 is 58.0 Å². The van der Waals surface area contributed by atoms with E-state index in [4.69, 9.17) is 38.4 Å². The number of nitro benzene ring substituents is 1. The van der Waals surface area contributed by atoms with E-state index in [1.165, 1.54) is 31.4 Å². The van der Waals surface area contributed by atoms with E-state index in [2.05, 4.69) is 12.7 Å². The molecule has 1 saturated carbocycles. The van der Waals surface area contributed by atoms with Crippen molar-refractivity contribution in [3.05, 3.63) is 106 Å². The van der Waals surface area contributed by atoms with Crippen LogP contribution in [0.15, 0.2) is 90.1 Å². The van der Waals surface area contributed by atoms with Gasteiger partial charge in [0, 0.05) is 56.2 Å². The van der Waals surface area contributed by atoms with Crippen LogP contribution < -0.4 is 18.9 Å². The van der Waals surface area contributed by atoms with Crippen LogP contribution in [0.4, 0.5) is 10.5 Å². The first-order valence-electron chi connectivity index (χ1n) is 23.1. The molecule has 2 N–H and O–H groups in total. The molecule has 2 aliphatic carbocycles. The van der Waals surface area contributed by atoms with E-state index in [0.717, 1.165) is 49.7 Å². The summed E-state index contributed by atoms with van der Waals surface area (Å²) in [7, 11) is 1.50. The maximum atomic E-state index is 14.7. The van der Waals surface area contributed by atoms with Gasteiger partial charge >= 0.3 is 6.09 Å². The molecule has 1 unspecified atom stereocenters. The van der Waals surface area contributed by atoms with Gasteiger partial charge in [0.2, 0.25) is 12.1 Å². The van der Waals surface area contributed by atoms with E-state index in [-0.39, 0.29) is 62.0 Å². The molecule has 3 aromatic rings. The summed E-state index contributed by atoms with van der Waals surface area (Å²) in [5, 5.41) is 36.3. The van der Waals surface area contributed by atoms with Crippen molar-refractivity contribution >= 4 is 23.8 Å². The Morgan fingerprint density at radius 1 is 1.02 bits per heavy atom. The number of aldehydes is 1. The quantitative estimate of drug-likeness (QED) is 0.0318. The van der Waals surface area contributed by atoms with Gasteiger partial charge in [-0.3, -0.25) is 19.8 Å². The summed E-state index contributed by atoms with van der Waals surface area (Å²) in [6, 6.07) is 15.1. The molecule has 0 spiro atoms. The number of methoxy groups -OCH3 is 1. The second-order valence-electron chi connectivity index (χ2n) is 17.1. The molecule has 2 aliphatic heterocycles. The fraction of sp³-hybridized carbons (Fsp3) is 0.500. The predicted octanol–water partition coefficient (Wildman–Crippen LogP) is 9.28. The number of rotatable bonds is 22. The second-order valence-corrected chi connectivity index (χ2v) is 17.1. The number of fused-ring (bicyclic) bond motifs is 2. The molecule has 4 aliphatic rings. The molecule has 1 amide bonds. The molecular formula is C50H61N3O13. The number of amides is 1. The number of aliphatic hydroxyl groups is 2. The number of aliphatic hydroxyl groups excluding tert-OH is 2. The van der Waals surface area contributed by atoms with Crippen LogP contribution in [-0.2, 0) is 14.3 Å². The number of unbranched alkanes of at least 4 members (excludes halogenated alkanes) is 2. The summed E-state index contributed by atoms with van der Waals surface area (Å²) < 4.78 is 38.2. The minimum Gasteiger partial charge on any atom is -0.496 e. The van der Waals surface area contributed by atoms with Gasteiger partial charge < -0.3 is 43.5 Å². The Morgan fingerprint density at radius 3 is 2.44 bits per heavy atom. The lowest BCUT2D eigenvalue weighted by atomic mass is 9.55. The summed E-state index contributed by atoms with van der Waals surface area (Å²) in [5.74, 6) is -0.554. The normalized spacial score (nSPS) is 24.7. The van der Waals surface area contributed by atoms with Gasteiger partial charge in [-0.2, -0.15) is 0 Å². The summed E-state index contributed by atoms with van der Waals surface area (Å²) in [6.45, 7) is 6.89. The molecule has 7 rings (SSSR count). The van der Waals surface area contributed by atoms with Crippen molar-refractivity contribution in [2.75, 3.05) is 40.1 Å². The molecule has 3 aromatic carbocycles. The van der Waals surface area contributed by atoms with Gasteiger partial charge in [0.25, 0.3) is 5.69 Å². The summed E-state index contributed by atoms with van der Waals surface area (Å²) in [4.78, 5) is 45.4. The lowest BCUT2D eigenvalue weighted by Gasteiger charge is -2.59. The van der Waals surface area contributed by atoms with Crippen LogP contribution in [0.2, 0.25) is 0 Å². The zero-order valence-corrected chi connectivity index (χ0v) is 37.7. The number of carbonyl (C=O) groups excluding carboxylic acids is 2. The zero-order valence-electron chi connectivity index (χ0n) is 37.7. The molecule has 0 radical (unpaired) electrons. The van der Waals surface area contributed by atoms with Crippen molar-refractivity contribution in [1.82, 2.24) is 4.90 Å². The number of ether oxygens (including phenoxy) is 6. The van der Waals surface area contributed by atoms with E-state index >= 15 is 0 Å². The van der Waals surface area contributed by atoms with Gasteiger partial charge in [-0.05, 0) is 111 Å². The Labute approximate surface area is 385 Å². The highest BCUT2D eigenvalue weighted by Crippen LogP contribution is 2.62. The third kappa shape index (κ3) is 10.6. The van der Waals surface area contributed by atoms with Gasteiger partial charge in [0.05, 0.1) is 42.4 Å². The monoisotopic (exact) mass is 911 g/mol. The van der Waals surface area contributed by atoms with Crippen LogP contribution in [0.3, 0.4) is 0 Å². The Hall–Kier alpha value is -5.81.